The molecule has 1 aromatic heterocycles. The molecule has 0 unspecified atom stereocenters. The summed E-state index contributed by atoms with van der Waals surface area (Å²) in [5.74, 6) is 0.906. The van der Waals surface area contributed by atoms with E-state index in [2.05, 4.69) is 21.8 Å². The van der Waals surface area contributed by atoms with Gasteiger partial charge in [0.05, 0.1) is 6.20 Å². The normalized spacial score (nSPS) is 10.3. The Morgan fingerprint density at radius 1 is 1.33 bits per heavy atom. The maximum atomic E-state index is 11.9. The zero-order chi connectivity index (χ0) is 12.8. The number of aromatic nitrogens is 2. The van der Waals surface area contributed by atoms with E-state index in [4.69, 9.17) is 0 Å². The first-order valence-electron chi connectivity index (χ1n) is 5.63. The quantitative estimate of drug-likeness (QED) is 0.867. The highest BCUT2D eigenvalue weighted by Gasteiger charge is 2.05. The minimum Gasteiger partial charge on any atom is -0.348 e. The Hall–Kier alpha value is -1.75. The van der Waals surface area contributed by atoms with Crippen LogP contribution >= 0.6 is 11.8 Å². The fourth-order valence-electron chi connectivity index (χ4n) is 1.58. The molecule has 2 N–H and O–H groups in total. The van der Waals surface area contributed by atoms with Gasteiger partial charge in [-0.1, -0.05) is 12.1 Å². The zero-order valence-electron chi connectivity index (χ0n) is 10.1. The third-order valence-corrected chi connectivity index (χ3v) is 3.16. The van der Waals surface area contributed by atoms with Crippen molar-refractivity contribution < 1.29 is 4.79 Å². The number of nitrogens with zero attached hydrogens (tertiary/aromatic N) is 1. The number of carbonyl (C=O) groups excluding carboxylic acids is 1. The van der Waals surface area contributed by atoms with E-state index in [0.717, 1.165) is 11.3 Å². The lowest BCUT2D eigenvalue weighted by molar-refractivity contribution is 0.0951. The van der Waals surface area contributed by atoms with Crippen LogP contribution in [0.25, 0.3) is 0 Å². The summed E-state index contributed by atoms with van der Waals surface area (Å²) in [6.07, 6.45) is 5.52. The van der Waals surface area contributed by atoms with Crippen LogP contribution in [0.1, 0.15) is 21.5 Å². The van der Waals surface area contributed by atoms with Gasteiger partial charge in [-0.2, -0.15) is 16.9 Å². The number of H-pyrrole nitrogens is 1. The molecule has 0 atom stereocenters. The monoisotopic (exact) mass is 261 g/mol. The maximum absolute atomic E-state index is 11.9. The van der Waals surface area contributed by atoms with Crippen LogP contribution < -0.4 is 5.32 Å². The number of hydrogen-bond donors (Lipinski definition) is 2. The van der Waals surface area contributed by atoms with E-state index in [9.17, 15) is 4.79 Å². The number of thioether (sulfide) groups is 1. The molecule has 2 aromatic rings. The number of nitrogens with one attached hydrogen (secondary N) is 2. The first kappa shape index (κ1) is 12.7. The van der Waals surface area contributed by atoms with Gasteiger partial charge in [-0.15, -0.1) is 0 Å². The van der Waals surface area contributed by atoms with Gasteiger partial charge in [0.25, 0.3) is 5.91 Å². The van der Waals surface area contributed by atoms with Crippen LogP contribution in [0.15, 0.2) is 36.7 Å². The summed E-state index contributed by atoms with van der Waals surface area (Å²) < 4.78 is 0. The number of aromatic amines is 1. The Balaban J connectivity index is 1.92. The van der Waals surface area contributed by atoms with Crippen LogP contribution in [0.4, 0.5) is 0 Å². The molecular weight excluding hydrogens is 246 g/mol. The second-order valence-corrected chi connectivity index (χ2v) is 4.79. The molecule has 0 bridgehead atoms. The van der Waals surface area contributed by atoms with E-state index in [1.165, 1.54) is 5.56 Å². The molecular formula is C13H15N3OS. The summed E-state index contributed by atoms with van der Waals surface area (Å²) in [6, 6.07) is 7.69. The van der Waals surface area contributed by atoms with Gasteiger partial charge in [0.2, 0.25) is 0 Å². The minimum absolute atomic E-state index is 0.0631. The standard InChI is InChI=1S/C13H15N3OS/c1-18-9-10-2-4-12(5-3-10)13(17)14-6-11-7-15-16-8-11/h2-5,7-8H,6,9H2,1H3,(H,14,17)(H,15,16). The van der Waals surface area contributed by atoms with Gasteiger partial charge in [-0.05, 0) is 24.0 Å². The SMILES string of the molecule is CSCc1ccc(C(=O)NCc2cn[nH]c2)cc1. The number of amides is 1. The van der Waals surface area contributed by atoms with Crippen molar-refractivity contribution in [2.75, 3.05) is 6.26 Å². The lowest BCUT2D eigenvalue weighted by atomic mass is 10.1. The van der Waals surface area contributed by atoms with E-state index < -0.39 is 0 Å². The molecule has 0 radical (unpaired) electrons. The van der Waals surface area contributed by atoms with Crippen LogP contribution in [0.3, 0.4) is 0 Å². The lowest BCUT2D eigenvalue weighted by Gasteiger charge is -2.04. The largest absolute Gasteiger partial charge is 0.348 e. The van der Waals surface area contributed by atoms with Crippen molar-refractivity contribution in [3.05, 3.63) is 53.3 Å². The van der Waals surface area contributed by atoms with Crippen LogP contribution in [-0.2, 0) is 12.3 Å². The van der Waals surface area contributed by atoms with Gasteiger partial charge in [0.15, 0.2) is 0 Å². The first-order valence-corrected chi connectivity index (χ1v) is 7.02. The highest BCUT2D eigenvalue weighted by Crippen LogP contribution is 2.10. The van der Waals surface area contributed by atoms with Crippen LogP contribution in [0.5, 0.6) is 0 Å². The maximum Gasteiger partial charge on any atom is 0.251 e. The van der Waals surface area contributed by atoms with E-state index in [1.54, 1.807) is 24.2 Å². The van der Waals surface area contributed by atoms with Crippen molar-refractivity contribution in [1.29, 1.82) is 0 Å². The van der Waals surface area contributed by atoms with Gasteiger partial charge in [0, 0.05) is 29.6 Å². The predicted octanol–water partition coefficient (Wildman–Crippen LogP) is 2.20. The Kier molecular flexibility index (Phi) is 4.41. The molecule has 1 aromatic carbocycles. The molecule has 0 aliphatic carbocycles. The molecule has 4 nitrogen and oxygen atoms in total. The summed E-state index contributed by atoms with van der Waals surface area (Å²) in [6.45, 7) is 0.488. The Labute approximate surface area is 110 Å². The molecule has 0 fully saturated rings. The van der Waals surface area contributed by atoms with Crippen LogP contribution in [0, 0.1) is 0 Å². The van der Waals surface area contributed by atoms with Gasteiger partial charge in [-0.25, -0.2) is 0 Å². The fraction of sp³-hybridized carbons (Fsp3) is 0.231. The minimum atomic E-state index is -0.0631. The highest BCUT2D eigenvalue weighted by molar-refractivity contribution is 7.97. The predicted molar refractivity (Wildman–Crippen MR) is 73.4 cm³/mol. The average molecular weight is 261 g/mol. The molecule has 0 aliphatic rings. The molecule has 0 saturated heterocycles. The van der Waals surface area contributed by atoms with Crippen molar-refractivity contribution >= 4 is 17.7 Å². The van der Waals surface area contributed by atoms with Crippen molar-refractivity contribution in [3.8, 4) is 0 Å². The van der Waals surface area contributed by atoms with Crippen molar-refractivity contribution in [1.82, 2.24) is 15.5 Å². The Morgan fingerprint density at radius 3 is 2.72 bits per heavy atom. The third-order valence-electron chi connectivity index (χ3n) is 2.54. The van der Waals surface area contributed by atoms with Crippen LogP contribution in [0.2, 0.25) is 0 Å². The molecule has 1 amide bonds. The zero-order valence-corrected chi connectivity index (χ0v) is 11.0. The molecule has 1 heterocycles. The van der Waals surface area contributed by atoms with E-state index >= 15 is 0 Å². The summed E-state index contributed by atoms with van der Waals surface area (Å²) >= 11 is 1.77. The van der Waals surface area contributed by atoms with Crippen molar-refractivity contribution in [2.24, 2.45) is 0 Å². The molecule has 0 aliphatic heterocycles. The first-order chi connectivity index (χ1) is 8.79. The fourth-order valence-corrected chi connectivity index (χ4v) is 2.10. The number of rotatable bonds is 5. The van der Waals surface area contributed by atoms with Crippen molar-refractivity contribution in [2.45, 2.75) is 12.3 Å². The summed E-state index contributed by atoms with van der Waals surface area (Å²) in [7, 11) is 0. The van der Waals surface area contributed by atoms with Gasteiger partial charge in [0.1, 0.15) is 0 Å². The van der Waals surface area contributed by atoms with E-state index in [1.807, 2.05) is 24.3 Å². The molecule has 18 heavy (non-hydrogen) atoms. The molecule has 5 heteroatoms. The number of hydrogen-bond acceptors (Lipinski definition) is 3. The molecule has 2 rings (SSSR count). The molecule has 0 spiro atoms. The van der Waals surface area contributed by atoms with Gasteiger partial charge < -0.3 is 5.32 Å². The van der Waals surface area contributed by atoms with Gasteiger partial charge in [-0.3, -0.25) is 9.89 Å². The van der Waals surface area contributed by atoms with Gasteiger partial charge >= 0.3 is 0 Å². The topological polar surface area (TPSA) is 57.8 Å². The van der Waals surface area contributed by atoms with E-state index in [-0.39, 0.29) is 5.91 Å². The average Bonchev–Trinajstić information content (AvgIpc) is 2.90. The number of benzene rings is 1. The molecule has 94 valence electrons. The highest BCUT2D eigenvalue weighted by atomic mass is 32.2. The summed E-state index contributed by atoms with van der Waals surface area (Å²) in [4.78, 5) is 11.9. The Morgan fingerprint density at radius 2 is 2.11 bits per heavy atom. The lowest BCUT2D eigenvalue weighted by Crippen LogP contribution is -2.22. The van der Waals surface area contributed by atoms with E-state index in [0.29, 0.717) is 12.1 Å². The smallest absolute Gasteiger partial charge is 0.251 e. The molecule has 0 saturated carbocycles. The summed E-state index contributed by atoms with van der Waals surface area (Å²) in [5.41, 5.74) is 2.87. The van der Waals surface area contributed by atoms with Crippen LogP contribution in [-0.4, -0.2) is 22.4 Å². The Bertz CT molecular complexity index is 493. The second-order valence-electron chi connectivity index (χ2n) is 3.92. The second kappa shape index (κ2) is 6.26. The third kappa shape index (κ3) is 3.37. The van der Waals surface area contributed by atoms with Crippen molar-refractivity contribution in [3.63, 3.8) is 0 Å². The summed E-state index contributed by atoms with van der Waals surface area (Å²) in [5, 5.41) is 9.39. The number of carbonyl (C=O) groups is 1.